The molecule has 0 aromatic heterocycles. The van der Waals surface area contributed by atoms with Gasteiger partial charge in [0.05, 0.1) is 13.2 Å². The van der Waals surface area contributed by atoms with Crippen molar-refractivity contribution >= 4 is 0 Å². The van der Waals surface area contributed by atoms with E-state index in [1.54, 1.807) is 5.56 Å². The van der Waals surface area contributed by atoms with Gasteiger partial charge in [0.25, 0.3) is 0 Å². The molecule has 0 bridgehead atoms. The quantitative estimate of drug-likeness (QED) is 0.287. The molecule has 3 rings (SSSR count). The minimum atomic E-state index is 0.719. The highest BCUT2D eigenvalue weighted by Gasteiger charge is 2.30. The topological polar surface area (TPSA) is 9.23 Å². The molecule has 0 amide bonds. The fourth-order valence-electron chi connectivity index (χ4n) is 5.43. The van der Waals surface area contributed by atoms with Crippen LogP contribution in [0.15, 0.2) is 49.1 Å². The van der Waals surface area contributed by atoms with Crippen molar-refractivity contribution in [2.24, 2.45) is 17.8 Å². The van der Waals surface area contributed by atoms with E-state index in [9.17, 15) is 0 Å². The molecule has 2 fully saturated rings. The molecule has 2 aliphatic rings. The Morgan fingerprint density at radius 3 is 2.17 bits per heavy atom. The van der Waals surface area contributed by atoms with Gasteiger partial charge >= 0.3 is 0 Å². The zero-order valence-electron chi connectivity index (χ0n) is 18.7. The summed E-state index contributed by atoms with van der Waals surface area (Å²) >= 11 is 0. The van der Waals surface area contributed by atoms with E-state index < -0.39 is 0 Å². The summed E-state index contributed by atoms with van der Waals surface area (Å²) in [5, 5.41) is 0. The van der Waals surface area contributed by atoms with Crippen molar-refractivity contribution in [1.82, 2.24) is 0 Å². The molecule has 0 atom stereocenters. The van der Waals surface area contributed by atoms with Crippen LogP contribution in [0.3, 0.4) is 0 Å². The third-order valence-electron chi connectivity index (χ3n) is 7.30. The number of benzene rings is 1. The van der Waals surface area contributed by atoms with Crippen molar-refractivity contribution in [3.05, 3.63) is 60.2 Å². The first kappa shape index (κ1) is 22.3. The van der Waals surface area contributed by atoms with Crippen LogP contribution in [0.1, 0.15) is 94.6 Å². The molecule has 1 aromatic carbocycles. The number of allylic oxidation sites excluding steroid dienone is 2. The molecule has 0 aliphatic heterocycles. The summed E-state index contributed by atoms with van der Waals surface area (Å²) in [4.78, 5) is 0. The van der Waals surface area contributed by atoms with E-state index in [2.05, 4.69) is 49.9 Å². The van der Waals surface area contributed by atoms with Crippen molar-refractivity contribution in [1.29, 1.82) is 0 Å². The van der Waals surface area contributed by atoms with Crippen molar-refractivity contribution < 1.29 is 4.74 Å². The second-order valence-electron chi connectivity index (χ2n) is 9.37. The highest BCUT2D eigenvalue weighted by molar-refractivity contribution is 5.25. The Hall–Kier alpha value is -1.34. The van der Waals surface area contributed by atoms with E-state index in [0.717, 1.165) is 43.3 Å². The highest BCUT2D eigenvalue weighted by Crippen LogP contribution is 2.44. The molecule has 0 saturated heterocycles. The smallest absolute Gasteiger partial charge is 0.0717 e. The Bertz CT molecular complexity index is 598. The van der Waals surface area contributed by atoms with Gasteiger partial charge < -0.3 is 4.74 Å². The predicted molar refractivity (Wildman–Crippen MR) is 125 cm³/mol. The molecule has 2 saturated carbocycles. The van der Waals surface area contributed by atoms with Gasteiger partial charge in [-0.15, -0.1) is 6.58 Å². The van der Waals surface area contributed by atoms with E-state index in [1.807, 2.05) is 6.08 Å². The van der Waals surface area contributed by atoms with Crippen LogP contribution in [0.2, 0.25) is 0 Å². The summed E-state index contributed by atoms with van der Waals surface area (Å²) in [7, 11) is 0. The van der Waals surface area contributed by atoms with Crippen molar-refractivity contribution in [3.8, 4) is 0 Å². The maximum Gasteiger partial charge on any atom is 0.0717 e. The monoisotopic (exact) mass is 394 g/mol. The van der Waals surface area contributed by atoms with Gasteiger partial charge in [0.1, 0.15) is 0 Å². The van der Waals surface area contributed by atoms with E-state index in [4.69, 9.17) is 4.74 Å². The maximum absolute atomic E-state index is 5.69. The van der Waals surface area contributed by atoms with E-state index in [1.165, 1.54) is 69.8 Å². The lowest BCUT2D eigenvalue weighted by Crippen LogP contribution is -2.25. The summed E-state index contributed by atoms with van der Waals surface area (Å²) < 4.78 is 5.69. The minimum absolute atomic E-state index is 0.719. The van der Waals surface area contributed by atoms with E-state index >= 15 is 0 Å². The molecule has 0 N–H and O–H groups in total. The van der Waals surface area contributed by atoms with Crippen LogP contribution in [0, 0.1) is 17.8 Å². The largest absolute Gasteiger partial charge is 0.376 e. The summed E-state index contributed by atoms with van der Waals surface area (Å²) in [5.41, 5.74) is 2.83. The first-order valence-corrected chi connectivity index (χ1v) is 12.2. The van der Waals surface area contributed by atoms with Gasteiger partial charge in [0, 0.05) is 0 Å². The van der Waals surface area contributed by atoms with Gasteiger partial charge in [0.2, 0.25) is 0 Å². The molecule has 1 nitrogen and oxygen atoms in total. The highest BCUT2D eigenvalue weighted by atomic mass is 16.5. The molecule has 0 radical (unpaired) electrons. The lowest BCUT2D eigenvalue weighted by molar-refractivity contribution is 0.125. The Morgan fingerprint density at radius 1 is 0.897 bits per heavy atom. The Balaban J connectivity index is 1.38. The maximum atomic E-state index is 5.69. The van der Waals surface area contributed by atoms with Crippen LogP contribution in [0.4, 0.5) is 0 Å². The fourth-order valence-corrected chi connectivity index (χ4v) is 5.43. The Kier molecular flexibility index (Phi) is 9.54. The zero-order chi connectivity index (χ0) is 20.3. The van der Waals surface area contributed by atoms with E-state index in [0.29, 0.717) is 0 Å². The minimum Gasteiger partial charge on any atom is -0.376 e. The molecular formula is C28H42O. The number of ether oxygens (including phenoxy) is 1. The fraction of sp³-hybridized carbons (Fsp3) is 0.643. The van der Waals surface area contributed by atoms with Gasteiger partial charge in [-0.2, -0.15) is 0 Å². The van der Waals surface area contributed by atoms with Gasteiger partial charge in [-0.1, -0.05) is 55.8 Å². The Morgan fingerprint density at radius 2 is 1.55 bits per heavy atom. The van der Waals surface area contributed by atoms with Crippen LogP contribution in [-0.4, -0.2) is 6.61 Å². The summed E-state index contributed by atoms with van der Waals surface area (Å²) in [5.74, 6) is 3.63. The number of unbranched alkanes of at least 4 members (excludes halogenated alkanes) is 1. The van der Waals surface area contributed by atoms with Crippen molar-refractivity contribution in [2.45, 2.75) is 90.1 Å². The normalized spacial score (nSPS) is 27.9. The van der Waals surface area contributed by atoms with Gasteiger partial charge in [-0.3, -0.25) is 0 Å². The standard InChI is InChI=1S/C28H42O/c1-3-5-7-8-23-9-13-25(14-10-23)27-17-19-28(20-18-27)26-15-11-24(12-16-26)22-29-21-6-4-2/h4,7-8,11-12,15-16,23,25,27-28H,2-3,5-6,9-10,13-14,17-22H2,1H3/b8-7+. The summed E-state index contributed by atoms with van der Waals surface area (Å²) in [6.07, 6.45) is 21.8. The predicted octanol–water partition coefficient (Wildman–Crippen LogP) is 8.22. The molecule has 2 aliphatic carbocycles. The van der Waals surface area contributed by atoms with Crippen LogP contribution in [0.5, 0.6) is 0 Å². The lowest BCUT2D eigenvalue weighted by Gasteiger charge is -2.37. The summed E-state index contributed by atoms with van der Waals surface area (Å²) in [6, 6.07) is 9.24. The third kappa shape index (κ3) is 7.14. The van der Waals surface area contributed by atoms with Crippen molar-refractivity contribution in [2.75, 3.05) is 6.61 Å². The van der Waals surface area contributed by atoms with Crippen molar-refractivity contribution in [3.63, 3.8) is 0 Å². The second kappa shape index (κ2) is 12.4. The molecule has 0 heterocycles. The van der Waals surface area contributed by atoms with Gasteiger partial charge in [-0.05, 0) is 99.0 Å². The molecule has 29 heavy (non-hydrogen) atoms. The molecule has 0 spiro atoms. The number of rotatable bonds is 10. The molecule has 1 heteroatoms. The number of hydrogen-bond acceptors (Lipinski definition) is 1. The van der Waals surface area contributed by atoms with Crippen LogP contribution >= 0.6 is 0 Å². The first-order valence-electron chi connectivity index (χ1n) is 12.2. The van der Waals surface area contributed by atoms with E-state index in [-0.39, 0.29) is 0 Å². The molecular weight excluding hydrogens is 352 g/mol. The molecule has 1 aromatic rings. The SMILES string of the molecule is C=CCCOCc1ccc(C2CCC(C3CCC(/C=C/CCC)CC3)CC2)cc1. The second-order valence-corrected chi connectivity index (χ2v) is 9.37. The van der Waals surface area contributed by atoms with Crippen LogP contribution in [-0.2, 0) is 11.3 Å². The van der Waals surface area contributed by atoms with Gasteiger partial charge in [-0.25, -0.2) is 0 Å². The lowest BCUT2D eigenvalue weighted by atomic mass is 9.68. The van der Waals surface area contributed by atoms with Gasteiger partial charge in [0.15, 0.2) is 0 Å². The summed E-state index contributed by atoms with van der Waals surface area (Å²) in [6.45, 7) is 7.50. The molecule has 160 valence electrons. The average molecular weight is 395 g/mol. The first-order chi connectivity index (χ1) is 14.3. The average Bonchev–Trinajstić information content (AvgIpc) is 2.78. The third-order valence-corrected chi connectivity index (χ3v) is 7.30. The zero-order valence-corrected chi connectivity index (χ0v) is 18.7. The van der Waals surface area contributed by atoms with Crippen LogP contribution in [0.25, 0.3) is 0 Å². The number of hydrogen-bond donors (Lipinski definition) is 0. The molecule has 0 unspecified atom stereocenters. The van der Waals surface area contributed by atoms with Crippen LogP contribution < -0.4 is 0 Å². The Labute approximate surface area is 179 Å².